The second-order valence-corrected chi connectivity index (χ2v) is 7.76. The summed E-state index contributed by atoms with van der Waals surface area (Å²) in [4.78, 5) is 20.4. The van der Waals surface area contributed by atoms with E-state index in [1.807, 2.05) is 6.92 Å². The van der Waals surface area contributed by atoms with Crippen molar-refractivity contribution in [1.82, 2.24) is 15.1 Å². The molecule has 0 spiro atoms. The molecule has 3 N–H and O–H groups in total. The maximum atomic E-state index is 11.7. The minimum absolute atomic E-state index is 0.214. The Labute approximate surface area is 158 Å². The Hall–Kier alpha value is -1.50. The van der Waals surface area contributed by atoms with E-state index in [1.54, 1.807) is 4.90 Å². The predicted molar refractivity (Wildman–Crippen MR) is 105 cm³/mol. The zero-order chi connectivity index (χ0) is 18.9. The topological polar surface area (TPSA) is 83.2 Å². The molecule has 1 unspecified atom stereocenters. The molecule has 0 aromatic carbocycles. The molecule has 1 aliphatic heterocycles. The zero-order valence-electron chi connectivity index (χ0n) is 16.7. The molecule has 2 fully saturated rings. The SMILES string of the molecule is CCOC(=O)N1CCC(NC(N)=NCC(C2CCCCC2)N(C)C)CC1. The molecule has 0 radical (unpaired) electrons. The molecule has 26 heavy (non-hydrogen) atoms. The molecule has 7 nitrogen and oxygen atoms in total. The zero-order valence-corrected chi connectivity index (χ0v) is 16.7. The number of ether oxygens (including phenoxy) is 1. The van der Waals surface area contributed by atoms with Crippen molar-refractivity contribution in [3.8, 4) is 0 Å². The first-order chi connectivity index (χ1) is 12.5. The number of carbonyl (C=O) groups excluding carboxylic acids is 1. The molecule has 2 rings (SSSR count). The van der Waals surface area contributed by atoms with Crippen LogP contribution in [0.1, 0.15) is 51.9 Å². The van der Waals surface area contributed by atoms with Crippen molar-refractivity contribution in [2.45, 2.75) is 64.0 Å². The molecule has 1 saturated heterocycles. The summed E-state index contributed by atoms with van der Waals surface area (Å²) in [5.74, 6) is 1.25. The second kappa shape index (κ2) is 10.6. The normalized spacial score (nSPS) is 21.7. The lowest BCUT2D eigenvalue weighted by molar-refractivity contribution is 0.0963. The highest BCUT2D eigenvalue weighted by molar-refractivity contribution is 5.78. The number of nitrogens with zero attached hydrogens (tertiary/aromatic N) is 3. The Bertz CT molecular complexity index is 455. The smallest absolute Gasteiger partial charge is 0.409 e. The molecule has 1 saturated carbocycles. The molecule has 1 aliphatic carbocycles. The Morgan fingerprint density at radius 1 is 1.23 bits per heavy atom. The van der Waals surface area contributed by atoms with Crippen LogP contribution in [0.2, 0.25) is 0 Å². The van der Waals surface area contributed by atoms with E-state index >= 15 is 0 Å². The van der Waals surface area contributed by atoms with Crippen LogP contribution in [0.15, 0.2) is 4.99 Å². The first kappa shape index (κ1) is 20.8. The van der Waals surface area contributed by atoms with Crippen LogP contribution in [-0.2, 0) is 4.74 Å². The average Bonchev–Trinajstić information content (AvgIpc) is 2.63. The highest BCUT2D eigenvalue weighted by Crippen LogP contribution is 2.28. The van der Waals surface area contributed by atoms with E-state index in [9.17, 15) is 4.79 Å². The van der Waals surface area contributed by atoms with Gasteiger partial charge in [-0.2, -0.15) is 0 Å². The molecular formula is C19H37N5O2. The van der Waals surface area contributed by atoms with E-state index in [4.69, 9.17) is 10.5 Å². The van der Waals surface area contributed by atoms with Gasteiger partial charge < -0.3 is 25.6 Å². The van der Waals surface area contributed by atoms with Gasteiger partial charge in [-0.3, -0.25) is 4.99 Å². The molecule has 2 aliphatic rings. The summed E-state index contributed by atoms with van der Waals surface area (Å²) in [6, 6.07) is 0.734. The van der Waals surface area contributed by atoms with E-state index in [0.717, 1.165) is 25.3 Å². The lowest BCUT2D eigenvalue weighted by atomic mass is 9.83. The number of likely N-dealkylation sites (N-methyl/N-ethyl adjacent to an activating group) is 1. The van der Waals surface area contributed by atoms with Crippen LogP contribution >= 0.6 is 0 Å². The van der Waals surface area contributed by atoms with E-state index in [0.29, 0.717) is 31.7 Å². The molecule has 0 aromatic heterocycles. The molecule has 1 atom stereocenters. The highest BCUT2D eigenvalue weighted by atomic mass is 16.6. The molecule has 1 heterocycles. The Kier molecular flexibility index (Phi) is 8.48. The summed E-state index contributed by atoms with van der Waals surface area (Å²) < 4.78 is 5.06. The summed E-state index contributed by atoms with van der Waals surface area (Å²) in [5.41, 5.74) is 6.14. The fourth-order valence-corrected chi connectivity index (χ4v) is 4.12. The number of likely N-dealkylation sites (tertiary alicyclic amines) is 1. The van der Waals surface area contributed by atoms with Crippen molar-refractivity contribution in [3.05, 3.63) is 0 Å². The van der Waals surface area contributed by atoms with Crippen molar-refractivity contribution in [3.63, 3.8) is 0 Å². The molecule has 7 heteroatoms. The first-order valence-corrected chi connectivity index (χ1v) is 10.2. The fourth-order valence-electron chi connectivity index (χ4n) is 4.12. The number of aliphatic imine (C=N–C) groups is 1. The number of rotatable bonds is 6. The van der Waals surface area contributed by atoms with E-state index in [-0.39, 0.29) is 12.1 Å². The van der Waals surface area contributed by atoms with E-state index in [1.165, 1.54) is 32.1 Å². The molecule has 150 valence electrons. The monoisotopic (exact) mass is 367 g/mol. The number of hydrogen-bond acceptors (Lipinski definition) is 4. The van der Waals surface area contributed by atoms with Crippen molar-refractivity contribution in [1.29, 1.82) is 0 Å². The summed E-state index contributed by atoms with van der Waals surface area (Å²) in [7, 11) is 4.28. The summed E-state index contributed by atoms with van der Waals surface area (Å²) >= 11 is 0. The summed E-state index contributed by atoms with van der Waals surface area (Å²) in [5, 5.41) is 3.34. The van der Waals surface area contributed by atoms with Gasteiger partial charge in [-0.05, 0) is 52.6 Å². The minimum Gasteiger partial charge on any atom is -0.450 e. The summed E-state index contributed by atoms with van der Waals surface area (Å²) in [6.45, 7) is 4.40. The third-order valence-electron chi connectivity index (χ3n) is 5.68. The third-order valence-corrected chi connectivity index (χ3v) is 5.68. The van der Waals surface area contributed by atoms with Gasteiger partial charge in [-0.1, -0.05) is 19.3 Å². The first-order valence-electron chi connectivity index (χ1n) is 10.2. The van der Waals surface area contributed by atoms with Gasteiger partial charge in [0, 0.05) is 25.2 Å². The van der Waals surface area contributed by atoms with Crippen LogP contribution in [0.5, 0.6) is 0 Å². The Morgan fingerprint density at radius 2 is 1.88 bits per heavy atom. The van der Waals surface area contributed by atoms with Gasteiger partial charge in [0.2, 0.25) is 0 Å². The van der Waals surface area contributed by atoms with Crippen LogP contribution in [0.25, 0.3) is 0 Å². The molecule has 1 amide bonds. The predicted octanol–water partition coefficient (Wildman–Crippen LogP) is 2.02. The van der Waals surface area contributed by atoms with Gasteiger partial charge in [0.15, 0.2) is 5.96 Å². The Balaban J connectivity index is 1.77. The van der Waals surface area contributed by atoms with E-state index in [2.05, 4.69) is 29.3 Å². The summed E-state index contributed by atoms with van der Waals surface area (Å²) in [6.07, 6.45) is 8.18. The standard InChI is InChI=1S/C19H37N5O2/c1-4-26-19(25)24-12-10-16(11-13-24)22-18(20)21-14-17(23(2)3)15-8-6-5-7-9-15/h15-17H,4-14H2,1-3H3,(H3,20,21,22). The van der Waals surface area contributed by atoms with Gasteiger partial charge in [0.25, 0.3) is 0 Å². The lowest BCUT2D eigenvalue weighted by Crippen LogP contribution is -2.49. The van der Waals surface area contributed by atoms with Crippen molar-refractivity contribution < 1.29 is 9.53 Å². The van der Waals surface area contributed by atoms with Crippen LogP contribution in [-0.4, -0.2) is 74.3 Å². The van der Waals surface area contributed by atoms with Gasteiger partial charge in [0.1, 0.15) is 0 Å². The third kappa shape index (κ3) is 6.34. The van der Waals surface area contributed by atoms with Crippen LogP contribution < -0.4 is 11.1 Å². The van der Waals surface area contributed by atoms with Crippen LogP contribution in [0.3, 0.4) is 0 Å². The maximum absolute atomic E-state index is 11.7. The van der Waals surface area contributed by atoms with Crippen LogP contribution in [0.4, 0.5) is 4.79 Å². The molecular weight excluding hydrogens is 330 g/mol. The maximum Gasteiger partial charge on any atom is 0.409 e. The quantitative estimate of drug-likeness (QED) is 0.554. The second-order valence-electron chi connectivity index (χ2n) is 7.76. The van der Waals surface area contributed by atoms with E-state index < -0.39 is 0 Å². The number of piperidine rings is 1. The number of carbonyl (C=O) groups is 1. The van der Waals surface area contributed by atoms with Gasteiger partial charge in [-0.25, -0.2) is 4.79 Å². The number of guanidine groups is 1. The molecule has 0 aromatic rings. The van der Waals surface area contributed by atoms with Crippen molar-refractivity contribution >= 4 is 12.1 Å². The molecule has 0 bridgehead atoms. The average molecular weight is 368 g/mol. The van der Waals surface area contributed by atoms with Gasteiger partial charge in [0.05, 0.1) is 13.2 Å². The van der Waals surface area contributed by atoms with Crippen LogP contribution in [0, 0.1) is 5.92 Å². The number of nitrogens with two attached hydrogens (primary N) is 1. The lowest BCUT2D eigenvalue weighted by Gasteiger charge is -2.34. The number of amides is 1. The number of hydrogen-bond donors (Lipinski definition) is 2. The largest absolute Gasteiger partial charge is 0.450 e. The van der Waals surface area contributed by atoms with Crippen molar-refractivity contribution in [2.24, 2.45) is 16.6 Å². The van der Waals surface area contributed by atoms with Gasteiger partial charge in [-0.15, -0.1) is 0 Å². The highest BCUT2D eigenvalue weighted by Gasteiger charge is 2.26. The fraction of sp³-hybridized carbons (Fsp3) is 0.895. The minimum atomic E-state index is -0.214. The van der Waals surface area contributed by atoms with Crippen molar-refractivity contribution in [2.75, 3.05) is 40.3 Å². The van der Waals surface area contributed by atoms with Gasteiger partial charge >= 0.3 is 6.09 Å². The Morgan fingerprint density at radius 3 is 2.46 bits per heavy atom. The number of nitrogens with one attached hydrogen (secondary N) is 1.